The molecule has 0 bridgehead atoms. The van der Waals surface area contributed by atoms with Gasteiger partial charge in [0.15, 0.2) is 15.9 Å². The fourth-order valence-electron chi connectivity index (χ4n) is 2.70. The van der Waals surface area contributed by atoms with Crippen molar-refractivity contribution in [3.63, 3.8) is 0 Å². The molecule has 6 nitrogen and oxygen atoms in total. The fraction of sp³-hybridized carbons (Fsp3) is 0.294. The van der Waals surface area contributed by atoms with E-state index in [9.17, 15) is 4.79 Å². The van der Waals surface area contributed by atoms with Gasteiger partial charge in [0.25, 0.3) is 5.56 Å². The van der Waals surface area contributed by atoms with Crippen molar-refractivity contribution < 1.29 is 0 Å². The minimum absolute atomic E-state index is 0.0494. The molecule has 4 rings (SSSR count). The Morgan fingerprint density at radius 2 is 2.08 bits per heavy atom. The van der Waals surface area contributed by atoms with Gasteiger partial charge >= 0.3 is 0 Å². The van der Waals surface area contributed by atoms with E-state index in [1.807, 2.05) is 5.38 Å². The maximum atomic E-state index is 12.1. The van der Waals surface area contributed by atoms with E-state index < -0.39 is 0 Å². The molecule has 0 atom stereocenters. The van der Waals surface area contributed by atoms with E-state index in [0.29, 0.717) is 10.7 Å². The summed E-state index contributed by atoms with van der Waals surface area (Å²) in [6.45, 7) is 6.34. The van der Waals surface area contributed by atoms with Crippen LogP contribution in [-0.4, -0.2) is 24.1 Å². The Balaban J connectivity index is 1.63. The lowest BCUT2D eigenvalue weighted by Gasteiger charge is -2.13. The number of hydrogen-bond donors (Lipinski definition) is 0. The van der Waals surface area contributed by atoms with Gasteiger partial charge < -0.3 is 0 Å². The van der Waals surface area contributed by atoms with Crippen molar-refractivity contribution in [3.8, 4) is 11.4 Å². The Morgan fingerprint density at radius 1 is 1.23 bits per heavy atom. The van der Waals surface area contributed by atoms with Crippen LogP contribution in [0.2, 0.25) is 0 Å². The fourth-order valence-corrected chi connectivity index (χ4v) is 5.08. The highest BCUT2D eigenvalue weighted by Crippen LogP contribution is 2.31. The summed E-state index contributed by atoms with van der Waals surface area (Å²) >= 11 is 4.73. The molecule has 0 unspecified atom stereocenters. The minimum Gasteiger partial charge on any atom is -0.299 e. The zero-order valence-corrected chi connectivity index (χ0v) is 17.0. The molecule has 0 amide bonds. The van der Waals surface area contributed by atoms with E-state index in [4.69, 9.17) is 0 Å². The van der Waals surface area contributed by atoms with Crippen LogP contribution < -0.4 is 5.56 Å². The maximum Gasteiger partial charge on any atom is 0.258 e. The summed E-state index contributed by atoms with van der Waals surface area (Å²) in [7, 11) is 0. The number of thiazole rings is 1. The second-order valence-corrected chi connectivity index (χ2v) is 9.08. The topological polar surface area (TPSA) is 65.1 Å². The summed E-state index contributed by atoms with van der Waals surface area (Å²) < 4.78 is 3.70. The van der Waals surface area contributed by atoms with E-state index in [1.54, 1.807) is 39.8 Å². The molecule has 0 radical (unpaired) electrons. The zero-order chi connectivity index (χ0) is 18.3. The molecule has 0 saturated carbocycles. The summed E-state index contributed by atoms with van der Waals surface area (Å²) in [5, 5.41) is 13.6. The summed E-state index contributed by atoms with van der Waals surface area (Å²) in [6, 6.07) is 3.96. The van der Waals surface area contributed by atoms with Crippen molar-refractivity contribution in [3.05, 3.63) is 50.0 Å². The van der Waals surface area contributed by atoms with E-state index in [0.717, 1.165) is 22.2 Å². The standard InChI is InChI=1S/C17H17N5OS3/c1-10(2)22-15(12-6-11(3)25-8-12)19-20-17(22)26-9-13-7-14(23)21-4-5-24-16(21)18-13/h4-8,10H,9H2,1-3H3. The summed E-state index contributed by atoms with van der Waals surface area (Å²) in [5.74, 6) is 1.46. The Bertz CT molecular complexity index is 1120. The number of nitrogens with zero attached hydrogens (tertiary/aromatic N) is 5. The molecule has 0 aliphatic heterocycles. The molecule has 0 aliphatic carbocycles. The molecule has 26 heavy (non-hydrogen) atoms. The first-order valence-electron chi connectivity index (χ1n) is 8.12. The SMILES string of the molecule is Cc1cc(-c2nnc(SCc3cc(=O)n4ccsc4n3)n2C(C)C)cs1. The average Bonchev–Trinajstić information content (AvgIpc) is 3.31. The van der Waals surface area contributed by atoms with E-state index in [1.165, 1.54) is 16.2 Å². The third kappa shape index (κ3) is 3.22. The quantitative estimate of drug-likeness (QED) is 0.466. The number of aromatic nitrogens is 5. The highest BCUT2D eigenvalue weighted by Gasteiger charge is 2.18. The van der Waals surface area contributed by atoms with Gasteiger partial charge in [0.05, 0.1) is 5.69 Å². The number of aryl methyl sites for hydroxylation is 1. The van der Waals surface area contributed by atoms with Crippen molar-refractivity contribution in [2.24, 2.45) is 0 Å². The zero-order valence-electron chi connectivity index (χ0n) is 14.5. The van der Waals surface area contributed by atoms with Crippen LogP contribution in [0.25, 0.3) is 16.3 Å². The van der Waals surface area contributed by atoms with Crippen LogP contribution in [0.4, 0.5) is 0 Å². The van der Waals surface area contributed by atoms with Crippen molar-refractivity contribution >= 4 is 39.4 Å². The van der Waals surface area contributed by atoms with Crippen LogP contribution >= 0.6 is 34.4 Å². The highest BCUT2D eigenvalue weighted by molar-refractivity contribution is 7.98. The Hall–Kier alpha value is -1.97. The molecule has 0 spiro atoms. The lowest BCUT2D eigenvalue weighted by molar-refractivity contribution is 0.555. The molecule has 0 aliphatic rings. The molecule has 0 saturated heterocycles. The smallest absolute Gasteiger partial charge is 0.258 e. The van der Waals surface area contributed by atoms with Gasteiger partial charge in [-0.3, -0.25) is 13.8 Å². The van der Waals surface area contributed by atoms with E-state index in [2.05, 4.69) is 52.0 Å². The van der Waals surface area contributed by atoms with E-state index in [-0.39, 0.29) is 11.6 Å². The summed E-state index contributed by atoms with van der Waals surface area (Å²) in [5.41, 5.74) is 1.80. The number of thioether (sulfide) groups is 1. The van der Waals surface area contributed by atoms with Crippen LogP contribution in [0, 0.1) is 6.92 Å². The predicted molar refractivity (Wildman–Crippen MR) is 107 cm³/mol. The molecular formula is C17H17N5OS3. The molecule has 4 aromatic heterocycles. The molecule has 4 aromatic rings. The Morgan fingerprint density at radius 3 is 2.81 bits per heavy atom. The largest absolute Gasteiger partial charge is 0.299 e. The van der Waals surface area contributed by atoms with Gasteiger partial charge in [-0.2, -0.15) is 0 Å². The van der Waals surface area contributed by atoms with Gasteiger partial charge in [0.1, 0.15) is 0 Å². The monoisotopic (exact) mass is 403 g/mol. The third-order valence-electron chi connectivity index (χ3n) is 3.88. The van der Waals surface area contributed by atoms with Crippen molar-refractivity contribution in [2.75, 3.05) is 0 Å². The molecule has 134 valence electrons. The number of fused-ring (bicyclic) bond motifs is 1. The van der Waals surface area contributed by atoms with Crippen molar-refractivity contribution in [1.29, 1.82) is 0 Å². The van der Waals surface area contributed by atoms with Gasteiger partial charge in [-0.25, -0.2) is 4.98 Å². The first-order chi connectivity index (χ1) is 12.5. The van der Waals surface area contributed by atoms with Gasteiger partial charge in [-0.1, -0.05) is 11.8 Å². The van der Waals surface area contributed by atoms with Gasteiger partial charge in [-0.05, 0) is 26.8 Å². The number of hydrogen-bond acceptors (Lipinski definition) is 7. The van der Waals surface area contributed by atoms with Crippen LogP contribution in [0.3, 0.4) is 0 Å². The Labute approximate surface area is 162 Å². The van der Waals surface area contributed by atoms with Crippen LogP contribution in [0.15, 0.2) is 39.0 Å². The molecule has 4 heterocycles. The van der Waals surface area contributed by atoms with E-state index >= 15 is 0 Å². The van der Waals surface area contributed by atoms with Crippen LogP contribution in [0.5, 0.6) is 0 Å². The second kappa shape index (κ2) is 6.98. The molecule has 0 aromatic carbocycles. The lowest BCUT2D eigenvalue weighted by atomic mass is 10.3. The van der Waals surface area contributed by atoms with Gasteiger partial charge in [0, 0.05) is 45.3 Å². The maximum absolute atomic E-state index is 12.1. The highest BCUT2D eigenvalue weighted by atomic mass is 32.2. The Kier molecular flexibility index (Phi) is 4.68. The van der Waals surface area contributed by atoms with Crippen molar-refractivity contribution in [1.82, 2.24) is 24.1 Å². The average molecular weight is 404 g/mol. The molecule has 0 N–H and O–H groups in total. The third-order valence-corrected chi connectivity index (χ3v) is 6.47. The molecular weight excluding hydrogens is 386 g/mol. The minimum atomic E-state index is -0.0494. The van der Waals surface area contributed by atoms with Gasteiger partial charge in [-0.15, -0.1) is 32.9 Å². The summed E-state index contributed by atoms with van der Waals surface area (Å²) in [6.07, 6.45) is 1.75. The second-order valence-electron chi connectivity index (χ2n) is 6.15. The first-order valence-corrected chi connectivity index (χ1v) is 10.9. The molecule has 9 heteroatoms. The normalized spacial score (nSPS) is 11.7. The lowest BCUT2D eigenvalue weighted by Crippen LogP contribution is -2.12. The predicted octanol–water partition coefficient (Wildman–Crippen LogP) is 4.26. The van der Waals surface area contributed by atoms with Crippen LogP contribution in [0.1, 0.15) is 30.5 Å². The van der Waals surface area contributed by atoms with Gasteiger partial charge in [0.2, 0.25) is 0 Å². The number of rotatable bonds is 5. The van der Waals surface area contributed by atoms with Crippen LogP contribution in [-0.2, 0) is 5.75 Å². The van der Waals surface area contributed by atoms with Crippen molar-refractivity contribution in [2.45, 2.75) is 37.7 Å². The first kappa shape index (κ1) is 17.4. The summed E-state index contributed by atoms with van der Waals surface area (Å²) in [4.78, 5) is 18.7. The number of thiophene rings is 1. The molecule has 0 fully saturated rings.